The first-order valence-corrected chi connectivity index (χ1v) is 10.1. The molecule has 7 heteroatoms. The van der Waals surface area contributed by atoms with Crippen LogP contribution in [0.4, 0.5) is 0 Å². The minimum atomic E-state index is 0. The highest BCUT2D eigenvalue weighted by molar-refractivity contribution is 5.85. The fourth-order valence-corrected chi connectivity index (χ4v) is 4.34. The molecule has 3 fully saturated rings. The number of nitrogens with one attached hydrogen (secondary N) is 1. The molecule has 26 heavy (non-hydrogen) atoms. The molecular weight excluding hydrogens is 354 g/mol. The number of carbonyl (C=O) groups excluding carboxylic acids is 2. The van der Waals surface area contributed by atoms with Crippen molar-refractivity contribution in [3.05, 3.63) is 0 Å². The molecule has 0 aromatic rings. The first kappa shape index (κ1) is 21.5. The van der Waals surface area contributed by atoms with Crippen molar-refractivity contribution in [1.29, 1.82) is 0 Å². The molecule has 0 unspecified atom stereocenters. The maximum Gasteiger partial charge on any atom is 0.222 e. The molecule has 2 heterocycles. The van der Waals surface area contributed by atoms with Crippen LogP contribution in [-0.4, -0.2) is 72.1 Å². The smallest absolute Gasteiger partial charge is 0.222 e. The number of carbonyl (C=O) groups is 2. The van der Waals surface area contributed by atoms with Crippen LogP contribution in [0, 0.1) is 11.8 Å². The van der Waals surface area contributed by atoms with Gasteiger partial charge in [0.15, 0.2) is 0 Å². The molecule has 150 valence electrons. The highest BCUT2D eigenvalue weighted by Crippen LogP contribution is 2.41. The average molecular weight is 388 g/mol. The standard InChI is InChI=1S/C19H33N3O3.ClH/c23-12-4-9-21-13-16(15-6-7-15)17(14-21)20-18(24)8-11-22-10-3-1-2-5-19(22)25;/h15-17,23H,1-14H2,(H,20,24);1H/t16-,17+;/m1./s1. The summed E-state index contributed by atoms with van der Waals surface area (Å²) in [5.74, 6) is 1.60. The van der Waals surface area contributed by atoms with Gasteiger partial charge in [0, 0.05) is 58.2 Å². The zero-order chi connectivity index (χ0) is 17.6. The van der Waals surface area contributed by atoms with Gasteiger partial charge in [-0.05, 0) is 43.9 Å². The fourth-order valence-electron chi connectivity index (χ4n) is 4.34. The van der Waals surface area contributed by atoms with Gasteiger partial charge in [-0.25, -0.2) is 0 Å². The van der Waals surface area contributed by atoms with Crippen molar-refractivity contribution >= 4 is 24.2 Å². The Morgan fingerprint density at radius 2 is 1.96 bits per heavy atom. The number of hydrogen-bond acceptors (Lipinski definition) is 4. The lowest BCUT2D eigenvalue weighted by Crippen LogP contribution is -2.43. The molecule has 0 spiro atoms. The average Bonchev–Trinajstić information content (AvgIpc) is 3.39. The van der Waals surface area contributed by atoms with Crippen molar-refractivity contribution in [1.82, 2.24) is 15.1 Å². The van der Waals surface area contributed by atoms with Crippen LogP contribution in [0.5, 0.6) is 0 Å². The van der Waals surface area contributed by atoms with Crippen molar-refractivity contribution < 1.29 is 14.7 Å². The van der Waals surface area contributed by atoms with E-state index in [4.69, 9.17) is 5.11 Å². The summed E-state index contributed by atoms with van der Waals surface area (Å²) in [5.41, 5.74) is 0. The van der Waals surface area contributed by atoms with Crippen LogP contribution in [0.2, 0.25) is 0 Å². The molecule has 2 aliphatic heterocycles. The van der Waals surface area contributed by atoms with Gasteiger partial charge in [-0.15, -0.1) is 12.4 Å². The van der Waals surface area contributed by atoms with Crippen molar-refractivity contribution in [2.75, 3.05) is 39.3 Å². The molecule has 3 aliphatic rings. The van der Waals surface area contributed by atoms with E-state index in [2.05, 4.69) is 10.2 Å². The third kappa shape index (κ3) is 6.10. The predicted molar refractivity (Wildman–Crippen MR) is 103 cm³/mol. The van der Waals surface area contributed by atoms with E-state index < -0.39 is 0 Å². The summed E-state index contributed by atoms with van der Waals surface area (Å²) in [6, 6.07) is 0.235. The van der Waals surface area contributed by atoms with E-state index >= 15 is 0 Å². The van der Waals surface area contributed by atoms with Gasteiger partial charge in [0.05, 0.1) is 0 Å². The second kappa shape index (κ2) is 10.5. The molecule has 0 bridgehead atoms. The maximum absolute atomic E-state index is 12.4. The normalized spacial score (nSPS) is 27.1. The molecule has 3 rings (SSSR count). The van der Waals surface area contributed by atoms with Crippen LogP contribution >= 0.6 is 12.4 Å². The Bertz CT molecular complexity index is 473. The van der Waals surface area contributed by atoms with Crippen LogP contribution < -0.4 is 5.32 Å². The number of likely N-dealkylation sites (tertiary alicyclic amines) is 2. The van der Waals surface area contributed by atoms with Crippen molar-refractivity contribution in [2.24, 2.45) is 11.8 Å². The van der Waals surface area contributed by atoms with E-state index in [-0.39, 0.29) is 36.9 Å². The summed E-state index contributed by atoms with van der Waals surface area (Å²) >= 11 is 0. The summed E-state index contributed by atoms with van der Waals surface area (Å²) in [5, 5.41) is 12.3. The third-order valence-corrected chi connectivity index (χ3v) is 5.93. The van der Waals surface area contributed by atoms with Gasteiger partial charge in [0.1, 0.15) is 0 Å². The number of aliphatic hydroxyl groups is 1. The highest BCUT2D eigenvalue weighted by atomic mass is 35.5. The van der Waals surface area contributed by atoms with Crippen molar-refractivity contribution in [3.8, 4) is 0 Å². The molecule has 1 saturated carbocycles. The number of amides is 2. The maximum atomic E-state index is 12.4. The van der Waals surface area contributed by atoms with Gasteiger partial charge in [0.25, 0.3) is 0 Å². The Morgan fingerprint density at radius 1 is 1.15 bits per heavy atom. The topological polar surface area (TPSA) is 72.9 Å². The van der Waals surface area contributed by atoms with Crippen LogP contribution in [-0.2, 0) is 9.59 Å². The van der Waals surface area contributed by atoms with Crippen LogP contribution in [0.3, 0.4) is 0 Å². The molecular formula is C19H34ClN3O3. The monoisotopic (exact) mass is 387 g/mol. The molecule has 0 aromatic carbocycles. The van der Waals surface area contributed by atoms with E-state index in [0.717, 1.165) is 57.8 Å². The fraction of sp³-hybridized carbons (Fsp3) is 0.895. The van der Waals surface area contributed by atoms with E-state index in [1.165, 1.54) is 12.8 Å². The minimum Gasteiger partial charge on any atom is -0.396 e. The first-order valence-electron chi connectivity index (χ1n) is 10.1. The number of rotatable bonds is 8. The quantitative estimate of drug-likeness (QED) is 0.660. The van der Waals surface area contributed by atoms with E-state index in [1.807, 2.05) is 4.90 Å². The Kier molecular flexibility index (Phi) is 8.64. The van der Waals surface area contributed by atoms with Gasteiger partial charge < -0.3 is 20.2 Å². The van der Waals surface area contributed by atoms with Gasteiger partial charge in [-0.1, -0.05) is 6.42 Å². The van der Waals surface area contributed by atoms with Gasteiger partial charge in [-0.2, -0.15) is 0 Å². The highest BCUT2D eigenvalue weighted by Gasteiger charge is 2.42. The van der Waals surface area contributed by atoms with Gasteiger partial charge >= 0.3 is 0 Å². The lowest BCUT2D eigenvalue weighted by Gasteiger charge is -2.22. The Labute approximate surface area is 163 Å². The zero-order valence-corrected chi connectivity index (χ0v) is 16.5. The summed E-state index contributed by atoms with van der Waals surface area (Å²) < 4.78 is 0. The number of halogens is 1. The van der Waals surface area contributed by atoms with E-state index in [1.54, 1.807) is 0 Å². The number of aliphatic hydroxyl groups excluding tert-OH is 1. The second-order valence-electron chi connectivity index (χ2n) is 7.95. The van der Waals surface area contributed by atoms with E-state index in [0.29, 0.717) is 25.3 Å². The molecule has 0 aromatic heterocycles. The minimum absolute atomic E-state index is 0. The number of nitrogens with zero attached hydrogens (tertiary/aromatic N) is 2. The molecule has 1 aliphatic carbocycles. The lowest BCUT2D eigenvalue weighted by atomic mass is 9.98. The molecule has 6 nitrogen and oxygen atoms in total. The zero-order valence-electron chi connectivity index (χ0n) is 15.7. The van der Waals surface area contributed by atoms with Gasteiger partial charge in [-0.3, -0.25) is 9.59 Å². The largest absolute Gasteiger partial charge is 0.396 e. The molecule has 2 atom stereocenters. The summed E-state index contributed by atoms with van der Waals surface area (Å²) in [4.78, 5) is 28.7. The molecule has 2 amide bonds. The number of hydrogen-bond donors (Lipinski definition) is 2. The predicted octanol–water partition coefficient (Wildman–Crippen LogP) is 1.41. The Morgan fingerprint density at radius 3 is 2.69 bits per heavy atom. The van der Waals surface area contributed by atoms with Crippen molar-refractivity contribution in [3.63, 3.8) is 0 Å². The van der Waals surface area contributed by atoms with Crippen LogP contribution in [0.1, 0.15) is 51.4 Å². The summed E-state index contributed by atoms with van der Waals surface area (Å²) in [6.45, 7) is 4.44. The first-order chi connectivity index (χ1) is 12.2. The SMILES string of the molecule is Cl.O=C(CCN1CCCCCC1=O)N[C@H]1CN(CCCO)C[C@@H]1C1CC1. The summed E-state index contributed by atoms with van der Waals surface area (Å²) in [6.07, 6.45) is 7.57. The lowest BCUT2D eigenvalue weighted by molar-refractivity contribution is -0.131. The summed E-state index contributed by atoms with van der Waals surface area (Å²) in [7, 11) is 0. The van der Waals surface area contributed by atoms with E-state index in [9.17, 15) is 9.59 Å². The van der Waals surface area contributed by atoms with Crippen LogP contribution in [0.25, 0.3) is 0 Å². The Balaban J connectivity index is 0.00000243. The Hall–Kier alpha value is -0.850. The molecule has 0 radical (unpaired) electrons. The van der Waals surface area contributed by atoms with Gasteiger partial charge in [0.2, 0.25) is 11.8 Å². The second-order valence-corrected chi connectivity index (χ2v) is 7.95. The van der Waals surface area contributed by atoms with Crippen molar-refractivity contribution in [2.45, 2.75) is 57.4 Å². The molecule has 2 saturated heterocycles. The van der Waals surface area contributed by atoms with Crippen LogP contribution in [0.15, 0.2) is 0 Å². The molecule has 2 N–H and O–H groups in total. The third-order valence-electron chi connectivity index (χ3n) is 5.93.